The van der Waals surface area contributed by atoms with Gasteiger partial charge in [-0.25, -0.2) is 0 Å². The van der Waals surface area contributed by atoms with Crippen LogP contribution in [0.25, 0.3) is 0 Å². The topological polar surface area (TPSA) is 43.4 Å². The largest absolute Gasteiger partial charge is 0.378 e. The number of rotatable bonds is 3. The first-order chi connectivity index (χ1) is 4.58. The zero-order valence-corrected chi connectivity index (χ0v) is 6.23. The van der Waals surface area contributed by atoms with E-state index in [1.807, 2.05) is 0 Å². The molecule has 1 aliphatic heterocycles. The molecular weight excluding hydrogens is 159 g/mol. The van der Waals surface area contributed by atoms with Crippen molar-refractivity contribution in [1.82, 2.24) is 0 Å². The van der Waals surface area contributed by atoms with Gasteiger partial charge in [-0.1, -0.05) is 0 Å². The predicted octanol–water partition coefficient (Wildman–Crippen LogP) is 0.465. The van der Waals surface area contributed by atoms with Gasteiger partial charge in [-0.05, 0) is 12.8 Å². The molecule has 0 aliphatic carbocycles. The van der Waals surface area contributed by atoms with Gasteiger partial charge in [0.25, 0.3) is 0 Å². The molecule has 1 saturated heterocycles. The Morgan fingerprint density at radius 3 is 2.50 bits per heavy atom. The fourth-order valence-corrected chi connectivity index (χ4v) is 1.33. The first kappa shape index (κ1) is 7.94. The van der Waals surface area contributed by atoms with Crippen LogP contribution >= 0.6 is 0 Å². The second-order valence-corrected chi connectivity index (χ2v) is 3.80. The fraction of sp³-hybridized carbons (Fsp3) is 1.00. The lowest BCUT2D eigenvalue weighted by atomic mass is 10.1. The number of halogens is 1. The summed E-state index contributed by atoms with van der Waals surface area (Å²) in [5.41, 5.74) is 0. The summed E-state index contributed by atoms with van der Waals surface area (Å²) in [6.45, 7) is 0.678. The molecule has 5 heteroatoms. The van der Waals surface area contributed by atoms with Crippen LogP contribution in [-0.2, 0) is 15.0 Å². The third-order valence-corrected chi connectivity index (χ3v) is 2.20. The lowest BCUT2D eigenvalue weighted by Crippen LogP contribution is -2.28. The van der Waals surface area contributed by atoms with Crippen molar-refractivity contribution in [2.24, 2.45) is 0 Å². The summed E-state index contributed by atoms with van der Waals surface area (Å²) in [7, 11) is -4.28. The average Bonchev–Trinajstić information content (AvgIpc) is 1.56. The molecule has 0 amide bonds. The van der Waals surface area contributed by atoms with Crippen molar-refractivity contribution in [3.63, 3.8) is 0 Å². The molecule has 1 heterocycles. The van der Waals surface area contributed by atoms with E-state index in [1.165, 1.54) is 0 Å². The Balaban J connectivity index is 2.16. The van der Waals surface area contributed by atoms with Gasteiger partial charge in [0.2, 0.25) is 0 Å². The highest BCUT2D eigenvalue weighted by Gasteiger charge is 2.20. The normalized spacial score (nSPS) is 25.9. The van der Waals surface area contributed by atoms with Crippen molar-refractivity contribution in [2.75, 3.05) is 12.4 Å². The van der Waals surface area contributed by atoms with Gasteiger partial charge in [0.05, 0.1) is 11.9 Å². The van der Waals surface area contributed by atoms with E-state index in [2.05, 4.69) is 0 Å². The summed E-state index contributed by atoms with van der Waals surface area (Å²) in [6.07, 6.45) is 1.12. The molecule has 1 unspecified atom stereocenters. The van der Waals surface area contributed by atoms with E-state index in [1.54, 1.807) is 0 Å². The second kappa shape index (κ2) is 2.84. The summed E-state index contributed by atoms with van der Waals surface area (Å²) in [6, 6.07) is 0. The maximum atomic E-state index is 11.8. The van der Waals surface area contributed by atoms with Gasteiger partial charge in [0, 0.05) is 6.61 Å². The van der Waals surface area contributed by atoms with E-state index >= 15 is 0 Å². The smallest absolute Gasteiger partial charge is 0.302 e. The Morgan fingerprint density at radius 2 is 2.20 bits per heavy atom. The third-order valence-electron chi connectivity index (χ3n) is 1.48. The third kappa shape index (κ3) is 2.62. The quantitative estimate of drug-likeness (QED) is 0.575. The molecule has 0 aromatic heterocycles. The van der Waals surface area contributed by atoms with Gasteiger partial charge >= 0.3 is 10.2 Å². The van der Waals surface area contributed by atoms with Crippen LogP contribution in [0.2, 0.25) is 0 Å². The van der Waals surface area contributed by atoms with Gasteiger partial charge in [-0.2, -0.15) is 8.42 Å². The Kier molecular flexibility index (Phi) is 2.25. The predicted molar refractivity (Wildman–Crippen MR) is 33.9 cm³/mol. The summed E-state index contributed by atoms with van der Waals surface area (Å²) in [5.74, 6) is -0.405. The van der Waals surface area contributed by atoms with Crippen molar-refractivity contribution < 1.29 is 17.0 Å². The molecule has 1 fully saturated rings. The first-order valence-electron chi connectivity index (χ1n) is 3.12. The lowest BCUT2D eigenvalue weighted by molar-refractivity contribution is -0.0512. The van der Waals surface area contributed by atoms with Gasteiger partial charge < -0.3 is 4.74 Å². The fourth-order valence-electron chi connectivity index (χ4n) is 0.784. The van der Waals surface area contributed by atoms with Crippen LogP contribution in [0.3, 0.4) is 0 Å². The van der Waals surface area contributed by atoms with Crippen LogP contribution in [-0.4, -0.2) is 26.9 Å². The van der Waals surface area contributed by atoms with Gasteiger partial charge in [0.15, 0.2) is 0 Å². The van der Waals surface area contributed by atoms with Gasteiger partial charge in [0.1, 0.15) is 0 Å². The minimum Gasteiger partial charge on any atom is -0.378 e. The first-order valence-corrected chi connectivity index (χ1v) is 4.67. The molecule has 10 heavy (non-hydrogen) atoms. The molecule has 1 atom stereocenters. The Labute approximate surface area is 59.4 Å². The maximum Gasteiger partial charge on any atom is 0.302 e. The van der Waals surface area contributed by atoms with Gasteiger partial charge in [-0.15, -0.1) is 3.89 Å². The van der Waals surface area contributed by atoms with Crippen LogP contribution in [0.1, 0.15) is 12.8 Å². The van der Waals surface area contributed by atoms with E-state index in [-0.39, 0.29) is 6.10 Å². The Bertz CT molecular complexity index is 195. The van der Waals surface area contributed by atoms with Crippen molar-refractivity contribution in [1.29, 1.82) is 0 Å². The van der Waals surface area contributed by atoms with Crippen LogP contribution in [0.15, 0.2) is 0 Å². The summed E-state index contributed by atoms with van der Waals surface area (Å²) in [4.78, 5) is 0. The summed E-state index contributed by atoms with van der Waals surface area (Å²) >= 11 is 0. The Hall–Kier alpha value is -0.160. The standard InChI is InChI=1S/C5H9FO3S/c6-10(7,8)4-2-5-1-3-9-5/h5H,1-4H2. The molecular formula is C5H9FO3S. The average molecular weight is 168 g/mol. The SMILES string of the molecule is O=S(=O)(F)CCC1CCO1. The molecule has 0 bridgehead atoms. The molecule has 1 aliphatic rings. The maximum absolute atomic E-state index is 11.8. The number of hydrogen-bond acceptors (Lipinski definition) is 3. The number of ether oxygens (including phenoxy) is 1. The zero-order chi connectivity index (χ0) is 7.61. The minimum absolute atomic E-state index is 0.0227. The van der Waals surface area contributed by atoms with Crippen LogP contribution < -0.4 is 0 Å². The van der Waals surface area contributed by atoms with Crippen LogP contribution in [0, 0.1) is 0 Å². The molecule has 0 aromatic rings. The van der Waals surface area contributed by atoms with Crippen molar-refractivity contribution in [3.8, 4) is 0 Å². The Morgan fingerprint density at radius 1 is 1.60 bits per heavy atom. The molecule has 1 rings (SSSR count). The highest BCUT2D eigenvalue weighted by atomic mass is 32.3. The van der Waals surface area contributed by atoms with Crippen LogP contribution in [0.5, 0.6) is 0 Å². The van der Waals surface area contributed by atoms with Crippen molar-refractivity contribution >= 4 is 10.2 Å². The zero-order valence-electron chi connectivity index (χ0n) is 5.42. The monoisotopic (exact) mass is 168 g/mol. The lowest BCUT2D eigenvalue weighted by Gasteiger charge is -2.25. The van der Waals surface area contributed by atoms with E-state index < -0.39 is 16.0 Å². The molecule has 0 spiro atoms. The highest BCUT2D eigenvalue weighted by Crippen LogP contribution is 2.15. The highest BCUT2D eigenvalue weighted by molar-refractivity contribution is 7.86. The van der Waals surface area contributed by atoms with E-state index in [0.717, 1.165) is 6.42 Å². The summed E-state index contributed by atoms with van der Waals surface area (Å²) in [5, 5.41) is 0. The van der Waals surface area contributed by atoms with E-state index in [0.29, 0.717) is 13.0 Å². The van der Waals surface area contributed by atoms with E-state index in [9.17, 15) is 12.3 Å². The molecule has 60 valence electrons. The molecule has 0 aromatic carbocycles. The molecule has 3 nitrogen and oxygen atoms in total. The number of hydrogen-bond donors (Lipinski definition) is 0. The van der Waals surface area contributed by atoms with Crippen LogP contribution in [0.4, 0.5) is 3.89 Å². The molecule has 0 N–H and O–H groups in total. The molecule has 0 saturated carbocycles. The van der Waals surface area contributed by atoms with Gasteiger partial charge in [-0.3, -0.25) is 0 Å². The summed E-state index contributed by atoms with van der Waals surface area (Å²) < 4.78 is 36.6. The molecule has 0 radical (unpaired) electrons. The minimum atomic E-state index is -4.28. The second-order valence-electron chi connectivity index (χ2n) is 2.31. The van der Waals surface area contributed by atoms with Crippen molar-refractivity contribution in [2.45, 2.75) is 18.9 Å². The van der Waals surface area contributed by atoms with E-state index in [4.69, 9.17) is 4.74 Å². The van der Waals surface area contributed by atoms with Crippen molar-refractivity contribution in [3.05, 3.63) is 0 Å².